The summed E-state index contributed by atoms with van der Waals surface area (Å²) in [5.41, 5.74) is 1.87. The topological polar surface area (TPSA) is 51.7 Å². The molecule has 6 heteroatoms. The Balaban J connectivity index is 1.47. The average molecular weight is 394 g/mol. The van der Waals surface area contributed by atoms with E-state index in [2.05, 4.69) is 4.98 Å². The normalized spacial score (nSPS) is 14.1. The quantitative estimate of drug-likeness (QED) is 0.619. The number of rotatable bonds is 6. The lowest BCUT2D eigenvalue weighted by Gasteiger charge is -2.16. The maximum absolute atomic E-state index is 12.2. The molecule has 0 spiro atoms. The molecule has 0 N–H and O–H groups in total. The van der Waals surface area contributed by atoms with Crippen LogP contribution >= 0.6 is 11.3 Å². The summed E-state index contributed by atoms with van der Waals surface area (Å²) in [6, 6.07) is 13.6. The van der Waals surface area contributed by atoms with Gasteiger partial charge >= 0.3 is 0 Å². The van der Waals surface area contributed by atoms with Crippen molar-refractivity contribution in [3.63, 3.8) is 0 Å². The SMILES string of the molecule is COc1ccc2nc(C=Cc3ccccc3OCC(=O)N3CCCC3)sc2c1. The number of fused-ring (bicyclic) bond motifs is 1. The predicted molar refractivity (Wildman–Crippen MR) is 113 cm³/mol. The molecule has 1 amide bonds. The van der Waals surface area contributed by atoms with Crippen molar-refractivity contribution in [2.45, 2.75) is 12.8 Å². The summed E-state index contributed by atoms with van der Waals surface area (Å²) in [4.78, 5) is 18.7. The van der Waals surface area contributed by atoms with Crippen LogP contribution in [0.2, 0.25) is 0 Å². The van der Waals surface area contributed by atoms with Gasteiger partial charge in [0.05, 0.1) is 17.3 Å². The molecule has 0 saturated carbocycles. The third-order valence-corrected chi connectivity index (χ3v) is 5.73. The maximum atomic E-state index is 12.2. The molecule has 2 aromatic carbocycles. The Bertz CT molecular complexity index is 1010. The fraction of sp³-hybridized carbons (Fsp3) is 0.273. The highest BCUT2D eigenvalue weighted by Crippen LogP contribution is 2.28. The van der Waals surface area contributed by atoms with E-state index in [1.807, 2.05) is 59.5 Å². The number of carbonyl (C=O) groups is 1. The van der Waals surface area contributed by atoms with Crippen LogP contribution in [0.5, 0.6) is 11.5 Å². The number of para-hydroxylation sites is 1. The van der Waals surface area contributed by atoms with Crippen LogP contribution in [0.1, 0.15) is 23.4 Å². The van der Waals surface area contributed by atoms with Crippen LogP contribution < -0.4 is 9.47 Å². The molecule has 28 heavy (non-hydrogen) atoms. The number of thiazole rings is 1. The molecule has 1 aliphatic heterocycles. The third-order valence-electron chi connectivity index (χ3n) is 4.75. The third kappa shape index (κ3) is 4.17. The van der Waals surface area contributed by atoms with Gasteiger partial charge in [0.15, 0.2) is 6.61 Å². The molecule has 1 saturated heterocycles. The monoisotopic (exact) mass is 394 g/mol. The van der Waals surface area contributed by atoms with Crippen molar-refractivity contribution in [3.05, 3.63) is 53.0 Å². The van der Waals surface area contributed by atoms with E-state index in [4.69, 9.17) is 9.47 Å². The van der Waals surface area contributed by atoms with Crippen LogP contribution in [0.25, 0.3) is 22.4 Å². The predicted octanol–water partition coefficient (Wildman–Crippen LogP) is 4.48. The highest BCUT2D eigenvalue weighted by Gasteiger charge is 2.18. The second-order valence-electron chi connectivity index (χ2n) is 6.63. The average Bonchev–Trinajstić information content (AvgIpc) is 3.40. The summed E-state index contributed by atoms with van der Waals surface area (Å²) in [6.45, 7) is 1.75. The van der Waals surface area contributed by atoms with Crippen molar-refractivity contribution in [2.75, 3.05) is 26.8 Å². The molecule has 0 aliphatic carbocycles. The molecule has 4 rings (SSSR count). The molecule has 1 fully saturated rings. The van der Waals surface area contributed by atoms with Crippen LogP contribution in [0.4, 0.5) is 0 Å². The number of carbonyl (C=O) groups excluding carboxylic acids is 1. The molecular weight excluding hydrogens is 372 g/mol. The Morgan fingerprint density at radius 1 is 1.18 bits per heavy atom. The maximum Gasteiger partial charge on any atom is 0.260 e. The van der Waals surface area contributed by atoms with E-state index < -0.39 is 0 Å². The molecule has 2 heterocycles. The zero-order valence-corrected chi connectivity index (χ0v) is 16.6. The van der Waals surface area contributed by atoms with Crippen LogP contribution in [-0.2, 0) is 4.79 Å². The van der Waals surface area contributed by atoms with Gasteiger partial charge in [0, 0.05) is 18.7 Å². The number of likely N-dealkylation sites (tertiary alicyclic amines) is 1. The Morgan fingerprint density at radius 2 is 2.00 bits per heavy atom. The van der Waals surface area contributed by atoms with Gasteiger partial charge in [0.1, 0.15) is 16.5 Å². The van der Waals surface area contributed by atoms with Gasteiger partial charge < -0.3 is 14.4 Å². The van der Waals surface area contributed by atoms with E-state index in [-0.39, 0.29) is 12.5 Å². The fourth-order valence-electron chi connectivity index (χ4n) is 3.23. The van der Waals surface area contributed by atoms with E-state index in [0.29, 0.717) is 5.75 Å². The summed E-state index contributed by atoms with van der Waals surface area (Å²) in [5, 5.41) is 0.909. The second kappa shape index (κ2) is 8.44. The standard InChI is InChI=1S/C22H22N2O3S/c1-26-17-9-10-18-20(14-17)28-21(23-18)11-8-16-6-2-3-7-19(16)27-15-22(25)24-12-4-5-13-24/h2-3,6-11,14H,4-5,12-13,15H2,1H3. The molecule has 0 atom stereocenters. The molecule has 0 unspecified atom stereocenters. The zero-order chi connectivity index (χ0) is 19.3. The van der Waals surface area contributed by atoms with E-state index in [9.17, 15) is 4.79 Å². The van der Waals surface area contributed by atoms with Gasteiger partial charge in [-0.05, 0) is 49.3 Å². The second-order valence-corrected chi connectivity index (χ2v) is 7.70. The number of ether oxygens (including phenoxy) is 2. The number of aromatic nitrogens is 1. The van der Waals surface area contributed by atoms with E-state index in [0.717, 1.165) is 52.5 Å². The van der Waals surface area contributed by atoms with E-state index >= 15 is 0 Å². The molecule has 144 valence electrons. The minimum Gasteiger partial charge on any atom is -0.497 e. The van der Waals surface area contributed by atoms with Crippen molar-refractivity contribution in [3.8, 4) is 11.5 Å². The first-order valence-corrected chi connectivity index (χ1v) is 10.2. The van der Waals surface area contributed by atoms with Crippen LogP contribution in [-0.4, -0.2) is 42.6 Å². The summed E-state index contributed by atoms with van der Waals surface area (Å²) in [5.74, 6) is 1.58. The summed E-state index contributed by atoms with van der Waals surface area (Å²) in [7, 11) is 1.66. The lowest BCUT2D eigenvalue weighted by molar-refractivity contribution is -0.132. The highest BCUT2D eigenvalue weighted by atomic mass is 32.1. The molecule has 0 bridgehead atoms. The zero-order valence-electron chi connectivity index (χ0n) is 15.8. The Kier molecular flexibility index (Phi) is 5.58. The summed E-state index contributed by atoms with van der Waals surface area (Å²) < 4.78 is 12.2. The van der Waals surface area contributed by atoms with Gasteiger partial charge in [-0.3, -0.25) is 4.79 Å². The Morgan fingerprint density at radius 3 is 2.82 bits per heavy atom. The first kappa shape index (κ1) is 18.5. The Hall–Kier alpha value is -2.86. The van der Waals surface area contributed by atoms with Crippen molar-refractivity contribution in [1.82, 2.24) is 9.88 Å². The molecule has 5 nitrogen and oxygen atoms in total. The van der Waals surface area contributed by atoms with Crippen molar-refractivity contribution in [2.24, 2.45) is 0 Å². The molecule has 1 aliphatic rings. The van der Waals surface area contributed by atoms with Gasteiger partial charge in [-0.25, -0.2) is 4.98 Å². The summed E-state index contributed by atoms with van der Waals surface area (Å²) >= 11 is 1.61. The van der Waals surface area contributed by atoms with E-state index in [1.54, 1.807) is 18.4 Å². The first-order valence-electron chi connectivity index (χ1n) is 9.35. The molecular formula is C22H22N2O3S. The number of benzene rings is 2. The number of hydrogen-bond donors (Lipinski definition) is 0. The van der Waals surface area contributed by atoms with Crippen molar-refractivity contribution >= 4 is 39.6 Å². The van der Waals surface area contributed by atoms with Crippen LogP contribution in [0, 0.1) is 0 Å². The van der Waals surface area contributed by atoms with Gasteiger partial charge in [0.2, 0.25) is 0 Å². The van der Waals surface area contributed by atoms with Crippen molar-refractivity contribution < 1.29 is 14.3 Å². The number of amides is 1. The number of methoxy groups -OCH3 is 1. The lowest BCUT2D eigenvalue weighted by atomic mass is 10.2. The Labute approximate surface area is 168 Å². The lowest BCUT2D eigenvalue weighted by Crippen LogP contribution is -2.32. The number of nitrogens with zero attached hydrogens (tertiary/aromatic N) is 2. The van der Waals surface area contributed by atoms with Gasteiger partial charge in [-0.1, -0.05) is 18.2 Å². The first-order chi connectivity index (χ1) is 13.7. The van der Waals surface area contributed by atoms with E-state index in [1.165, 1.54) is 0 Å². The number of hydrogen-bond acceptors (Lipinski definition) is 5. The summed E-state index contributed by atoms with van der Waals surface area (Å²) in [6.07, 6.45) is 6.12. The smallest absolute Gasteiger partial charge is 0.260 e. The highest BCUT2D eigenvalue weighted by molar-refractivity contribution is 7.19. The van der Waals surface area contributed by atoms with Crippen molar-refractivity contribution in [1.29, 1.82) is 0 Å². The van der Waals surface area contributed by atoms with Gasteiger partial charge in [-0.15, -0.1) is 11.3 Å². The van der Waals surface area contributed by atoms with Gasteiger partial charge in [-0.2, -0.15) is 0 Å². The minimum absolute atomic E-state index is 0.0522. The van der Waals surface area contributed by atoms with Crippen LogP contribution in [0.3, 0.4) is 0 Å². The molecule has 1 aromatic heterocycles. The van der Waals surface area contributed by atoms with Gasteiger partial charge in [0.25, 0.3) is 5.91 Å². The van der Waals surface area contributed by atoms with Crippen LogP contribution in [0.15, 0.2) is 42.5 Å². The fourth-order valence-corrected chi connectivity index (χ4v) is 4.13. The molecule has 0 radical (unpaired) electrons. The molecule has 3 aromatic rings. The largest absolute Gasteiger partial charge is 0.497 e. The minimum atomic E-state index is 0.0522.